The molecule has 0 heterocycles. The summed E-state index contributed by atoms with van der Waals surface area (Å²) in [6.07, 6.45) is 9.73. The van der Waals surface area contributed by atoms with E-state index < -0.39 is 0 Å². The van der Waals surface area contributed by atoms with E-state index in [2.05, 4.69) is 55.5 Å². The highest BCUT2D eigenvalue weighted by Crippen LogP contribution is 2.25. The molecule has 0 N–H and O–H groups in total. The summed E-state index contributed by atoms with van der Waals surface area (Å²) in [5.74, 6) is 0.610. The van der Waals surface area contributed by atoms with Crippen molar-refractivity contribution in [2.24, 2.45) is 0 Å². The average molecular weight is 183 g/mol. The molecule has 0 saturated heterocycles. The van der Waals surface area contributed by atoms with E-state index in [0.29, 0.717) is 5.92 Å². The summed E-state index contributed by atoms with van der Waals surface area (Å²) in [5.41, 5.74) is 2.86. The Morgan fingerprint density at radius 2 is 2.07 bits per heavy atom. The van der Waals surface area contributed by atoms with Crippen LogP contribution in [0.2, 0.25) is 0 Å². The summed E-state index contributed by atoms with van der Waals surface area (Å²) in [5, 5.41) is 0. The first-order valence-corrected chi connectivity index (χ1v) is 5.17. The van der Waals surface area contributed by atoms with Gasteiger partial charge in [0.05, 0.1) is 0 Å². The molecule has 0 amide bonds. The Kier molecular flexibility index (Phi) is 2.83. The van der Waals surface area contributed by atoms with Crippen LogP contribution in [0.3, 0.4) is 0 Å². The predicted octanol–water partition coefficient (Wildman–Crippen LogP) is 3.87. The van der Waals surface area contributed by atoms with Crippen molar-refractivity contribution in [3.63, 3.8) is 0 Å². The lowest BCUT2D eigenvalue weighted by Crippen LogP contribution is -1.93. The molecule has 1 aromatic carbocycles. The van der Waals surface area contributed by atoms with Gasteiger partial charge in [-0.2, -0.15) is 0 Å². The first-order valence-electron chi connectivity index (χ1n) is 5.17. The van der Waals surface area contributed by atoms with Crippen LogP contribution in [0.1, 0.15) is 31.2 Å². The van der Waals surface area contributed by atoms with Gasteiger partial charge in [0.25, 0.3) is 0 Å². The van der Waals surface area contributed by atoms with Crippen LogP contribution in [0, 0.1) is 6.08 Å². The zero-order valence-electron chi connectivity index (χ0n) is 8.53. The van der Waals surface area contributed by atoms with Crippen LogP contribution >= 0.6 is 0 Å². The fourth-order valence-electron chi connectivity index (χ4n) is 1.83. The highest BCUT2D eigenvalue weighted by Gasteiger charge is 2.07. The maximum absolute atomic E-state index is 3.21. The van der Waals surface area contributed by atoms with Crippen molar-refractivity contribution in [1.82, 2.24) is 0 Å². The zero-order chi connectivity index (χ0) is 9.80. The van der Waals surface area contributed by atoms with Gasteiger partial charge in [0, 0.05) is 0 Å². The molecule has 14 heavy (non-hydrogen) atoms. The van der Waals surface area contributed by atoms with Crippen LogP contribution in [0.25, 0.3) is 0 Å². The molecule has 0 saturated carbocycles. The molecule has 1 aliphatic rings. The Morgan fingerprint density at radius 3 is 2.71 bits per heavy atom. The molecule has 1 aromatic rings. The van der Waals surface area contributed by atoms with E-state index in [1.54, 1.807) is 0 Å². The fourth-order valence-corrected chi connectivity index (χ4v) is 1.83. The van der Waals surface area contributed by atoms with E-state index in [1.165, 1.54) is 11.1 Å². The van der Waals surface area contributed by atoms with Crippen molar-refractivity contribution < 1.29 is 0 Å². The molecular weight excluding hydrogens is 168 g/mol. The molecular formula is C14H15. The monoisotopic (exact) mass is 183 g/mol. The molecule has 0 aliphatic heterocycles. The first kappa shape index (κ1) is 9.26. The molecule has 1 atom stereocenters. The number of rotatable bonds is 3. The molecule has 0 nitrogen and oxygen atoms in total. The van der Waals surface area contributed by atoms with E-state index in [9.17, 15) is 0 Å². The zero-order valence-corrected chi connectivity index (χ0v) is 8.53. The van der Waals surface area contributed by atoms with Crippen molar-refractivity contribution >= 4 is 0 Å². The SMILES string of the molecule is CC(CC1=CC[C]=C1)c1ccccc1. The van der Waals surface area contributed by atoms with Gasteiger partial charge in [-0.05, 0) is 30.4 Å². The first-order chi connectivity index (χ1) is 6.86. The lowest BCUT2D eigenvalue weighted by molar-refractivity contribution is 0.763. The molecule has 0 fully saturated rings. The van der Waals surface area contributed by atoms with Gasteiger partial charge in [-0.1, -0.05) is 55.0 Å². The average Bonchev–Trinajstić information content (AvgIpc) is 2.72. The highest BCUT2D eigenvalue weighted by atomic mass is 14.1. The van der Waals surface area contributed by atoms with Gasteiger partial charge < -0.3 is 0 Å². The van der Waals surface area contributed by atoms with Gasteiger partial charge in [-0.3, -0.25) is 0 Å². The van der Waals surface area contributed by atoms with Crippen LogP contribution < -0.4 is 0 Å². The molecule has 0 bridgehead atoms. The summed E-state index contributed by atoms with van der Waals surface area (Å²) in [6, 6.07) is 10.7. The largest absolute Gasteiger partial charge is 0.0769 e. The third-order valence-electron chi connectivity index (χ3n) is 2.68. The number of hydrogen-bond acceptors (Lipinski definition) is 0. The van der Waals surface area contributed by atoms with Crippen molar-refractivity contribution in [3.8, 4) is 0 Å². The van der Waals surface area contributed by atoms with Gasteiger partial charge in [-0.15, -0.1) is 0 Å². The van der Waals surface area contributed by atoms with E-state index in [4.69, 9.17) is 0 Å². The minimum Gasteiger partial charge on any atom is -0.0769 e. The van der Waals surface area contributed by atoms with Crippen LogP contribution in [0.4, 0.5) is 0 Å². The van der Waals surface area contributed by atoms with Gasteiger partial charge in [0.15, 0.2) is 0 Å². The van der Waals surface area contributed by atoms with E-state index in [0.717, 1.165) is 12.8 Å². The third kappa shape index (κ3) is 2.14. The van der Waals surface area contributed by atoms with Gasteiger partial charge >= 0.3 is 0 Å². The quantitative estimate of drug-likeness (QED) is 0.667. The predicted molar refractivity (Wildman–Crippen MR) is 60.0 cm³/mol. The Hall–Kier alpha value is -1.30. The minimum atomic E-state index is 0.610. The number of allylic oxidation sites excluding steroid dienone is 4. The van der Waals surface area contributed by atoms with Crippen LogP contribution in [-0.4, -0.2) is 0 Å². The summed E-state index contributed by atoms with van der Waals surface area (Å²) in [6.45, 7) is 2.28. The Balaban J connectivity index is 2.02. The Bertz CT molecular complexity index is 344. The molecule has 0 aromatic heterocycles. The molecule has 1 aliphatic carbocycles. The van der Waals surface area contributed by atoms with Crippen molar-refractivity contribution in [3.05, 3.63) is 59.7 Å². The maximum atomic E-state index is 3.21. The number of hydrogen-bond donors (Lipinski definition) is 0. The Morgan fingerprint density at radius 1 is 1.29 bits per heavy atom. The molecule has 2 rings (SSSR count). The van der Waals surface area contributed by atoms with Crippen LogP contribution in [-0.2, 0) is 0 Å². The topological polar surface area (TPSA) is 0 Å². The van der Waals surface area contributed by atoms with Gasteiger partial charge in [0.2, 0.25) is 0 Å². The normalized spacial score (nSPS) is 16.8. The van der Waals surface area contributed by atoms with E-state index >= 15 is 0 Å². The minimum absolute atomic E-state index is 0.610. The van der Waals surface area contributed by atoms with Crippen molar-refractivity contribution in [2.45, 2.75) is 25.7 Å². The van der Waals surface area contributed by atoms with Gasteiger partial charge in [-0.25, -0.2) is 0 Å². The summed E-state index contributed by atoms with van der Waals surface area (Å²) in [7, 11) is 0. The van der Waals surface area contributed by atoms with Crippen molar-refractivity contribution in [1.29, 1.82) is 0 Å². The van der Waals surface area contributed by atoms with E-state index in [1.807, 2.05) is 0 Å². The van der Waals surface area contributed by atoms with Crippen LogP contribution in [0.15, 0.2) is 48.1 Å². The second-order valence-electron chi connectivity index (χ2n) is 3.85. The van der Waals surface area contributed by atoms with E-state index in [-0.39, 0.29) is 0 Å². The summed E-state index contributed by atoms with van der Waals surface area (Å²) in [4.78, 5) is 0. The van der Waals surface area contributed by atoms with Gasteiger partial charge in [0.1, 0.15) is 0 Å². The maximum Gasteiger partial charge on any atom is -0.00887 e. The fraction of sp³-hybridized carbons (Fsp3) is 0.286. The highest BCUT2D eigenvalue weighted by molar-refractivity contribution is 5.27. The molecule has 71 valence electrons. The Labute approximate surface area is 86.0 Å². The standard InChI is InChI=1S/C14H15/c1-12(11-13-7-5-6-8-13)14-9-3-2-4-10-14/h2-4,7-10,12H,5,11H2,1H3. The lowest BCUT2D eigenvalue weighted by Gasteiger charge is -2.11. The third-order valence-corrected chi connectivity index (χ3v) is 2.68. The molecule has 0 heteroatoms. The smallest absolute Gasteiger partial charge is 0.00887 e. The van der Waals surface area contributed by atoms with Crippen LogP contribution in [0.5, 0.6) is 0 Å². The molecule has 1 unspecified atom stereocenters. The summed E-state index contributed by atoms with van der Waals surface area (Å²) >= 11 is 0. The van der Waals surface area contributed by atoms with Crippen molar-refractivity contribution in [2.75, 3.05) is 0 Å². The lowest BCUT2D eigenvalue weighted by atomic mass is 9.94. The number of benzene rings is 1. The second kappa shape index (κ2) is 4.28. The molecule has 0 spiro atoms. The summed E-state index contributed by atoms with van der Waals surface area (Å²) < 4.78 is 0. The molecule has 1 radical (unpaired) electrons. The second-order valence-corrected chi connectivity index (χ2v) is 3.85.